The van der Waals surface area contributed by atoms with Crippen LogP contribution in [0.1, 0.15) is 44.5 Å². The molecular weight excluding hydrogens is 931 g/mol. The second kappa shape index (κ2) is 19.1. The van der Waals surface area contributed by atoms with Crippen LogP contribution >= 0.6 is 0 Å². The molecular formula is C72H58F2N2. The van der Waals surface area contributed by atoms with Gasteiger partial charge >= 0.3 is 0 Å². The fraction of sp³-hybridized carbons (Fsp3) is 0.111. The highest BCUT2D eigenvalue weighted by molar-refractivity contribution is 6.28. The standard InChI is InChI=1S/C72H58F2N2/c1-43-19-23-47(5)61(39-43)55-33-35-57(63-41-45(3)21-25-49(63)7)71(69(55)73)75(53-15-11-9-12-16-53)65-37-29-51-28-32-60-66(38-30-52-27-31-59(65)67(51)68(52)60)76(54-17-13-10-14-18-54)72-58(64-42-46(4)22-26-50(64)8)36-34-56(70(72)74)62-40-44(2)20-24-48(62)6/h9-42H,1-8H3. The zero-order chi connectivity index (χ0) is 52.5. The molecule has 0 fully saturated rings. The van der Waals surface area contributed by atoms with Gasteiger partial charge in [-0.05, 0) is 158 Å². The van der Waals surface area contributed by atoms with E-state index in [9.17, 15) is 0 Å². The summed E-state index contributed by atoms with van der Waals surface area (Å²) in [7, 11) is 0. The van der Waals surface area contributed by atoms with Crippen molar-refractivity contribution in [2.45, 2.75) is 55.4 Å². The molecule has 0 radical (unpaired) electrons. The molecule has 0 heterocycles. The molecule has 0 bridgehead atoms. The zero-order valence-corrected chi connectivity index (χ0v) is 44.3. The summed E-state index contributed by atoms with van der Waals surface area (Å²) >= 11 is 0. The topological polar surface area (TPSA) is 6.48 Å². The maximum absolute atomic E-state index is 18.7. The van der Waals surface area contributed by atoms with Gasteiger partial charge in [-0.25, -0.2) is 8.78 Å². The fourth-order valence-corrected chi connectivity index (χ4v) is 11.6. The molecule has 76 heavy (non-hydrogen) atoms. The Morgan fingerprint density at radius 1 is 0.276 bits per heavy atom. The van der Waals surface area contributed by atoms with Gasteiger partial charge < -0.3 is 9.80 Å². The summed E-state index contributed by atoms with van der Waals surface area (Å²) in [6.45, 7) is 16.6. The SMILES string of the molecule is Cc1ccc(C)c(-c2ccc(-c3cc(C)ccc3C)c(N(c3ccccc3)c3ccc4ccc5c(N(c6ccccc6)c6c(-c7cc(C)ccc7C)ccc(-c7cc(C)ccc7C)c6F)ccc6ccc3c4c65)c2F)c1. The van der Waals surface area contributed by atoms with Gasteiger partial charge in [0.25, 0.3) is 0 Å². The first-order valence-electron chi connectivity index (χ1n) is 26.2. The predicted molar refractivity (Wildman–Crippen MR) is 319 cm³/mol. The number of halogens is 2. The molecule has 0 N–H and O–H groups in total. The Kier molecular flexibility index (Phi) is 12.1. The van der Waals surface area contributed by atoms with E-state index in [0.717, 1.165) is 133 Å². The predicted octanol–water partition coefficient (Wildman–Crippen LogP) is 20.9. The molecule has 0 amide bonds. The molecule has 0 spiro atoms. The van der Waals surface area contributed by atoms with Crippen LogP contribution < -0.4 is 9.80 Å². The molecule has 12 aromatic carbocycles. The number of rotatable bonds is 10. The van der Waals surface area contributed by atoms with E-state index in [1.165, 1.54) is 0 Å². The van der Waals surface area contributed by atoms with Crippen molar-refractivity contribution in [2.24, 2.45) is 0 Å². The average Bonchev–Trinajstić information content (AvgIpc) is 3.48. The van der Waals surface area contributed by atoms with Crippen LogP contribution in [-0.2, 0) is 0 Å². The first-order chi connectivity index (χ1) is 36.8. The molecule has 0 saturated heterocycles. The first-order valence-corrected chi connectivity index (χ1v) is 26.2. The summed E-state index contributed by atoms with van der Waals surface area (Å²) in [5, 5.41) is 6.11. The number of anilines is 6. The Balaban J connectivity index is 1.16. The molecule has 0 aliphatic heterocycles. The van der Waals surface area contributed by atoms with Crippen molar-refractivity contribution in [3.8, 4) is 44.5 Å². The van der Waals surface area contributed by atoms with Crippen molar-refractivity contribution in [3.05, 3.63) is 262 Å². The van der Waals surface area contributed by atoms with Gasteiger partial charge in [0.2, 0.25) is 0 Å². The number of hydrogen-bond donors (Lipinski definition) is 0. The number of para-hydroxylation sites is 2. The summed E-state index contributed by atoms with van der Waals surface area (Å²) < 4.78 is 37.3. The van der Waals surface area contributed by atoms with E-state index in [2.05, 4.69) is 223 Å². The van der Waals surface area contributed by atoms with E-state index in [1.807, 2.05) is 48.5 Å². The molecule has 12 rings (SSSR count). The Hall–Kier alpha value is -8.86. The Bertz CT molecular complexity index is 3960. The van der Waals surface area contributed by atoms with Crippen molar-refractivity contribution in [3.63, 3.8) is 0 Å². The van der Waals surface area contributed by atoms with Gasteiger partial charge in [-0.15, -0.1) is 0 Å². The largest absolute Gasteiger partial charge is 0.307 e. The summed E-state index contributed by atoms with van der Waals surface area (Å²) in [6.07, 6.45) is 0. The van der Waals surface area contributed by atoms with Gasteiger partial charge in [0.1, 0.15) is 0 Å². The van der Waals surface area contributed by atoms with E-state index in [4.69, 9.17) is 0 Å². The van der Waals surface area contributed by atoms with Crippen molar-refractivity contribution < 1.29 is 8.78 Å². The molecule has 370 valence electrons. The van der Waals surface area contributed by atoms with Gasteiger partial charge in [0.05, 0.1) is 22.7 Å². The Labute approximate surface area is 445 Å². The zero-order valence-electron chi connectivity index (χ0n) is 44.3. The molecule has 0 atom stereocenters. The lowest BCUT2D eigenvalue weighted by molar-refractivity contribution is 0.632. The maximum Gasteiger partial charge on any atom is 0.155 e. The molecule has 4 heteroatoms. The van der Waals surface area contributed by atoms with E-state index in [0.29, 0.717) is 22.5 Å². The third-order valence-corrected chi connectivity index (χ3v) is 15.5. The van der Waals surface area contributed by atoms with Crippen LogP contribution in [0.25, 0.3) is 76.8 Å². The Morgan fingerprint density at radius 2 is 0.579 bits per heavy atom. The minimum absolute atomic E-state index is 0.299. The highest BCUT2D eigenvalue weighted by Crippen LogP contribution is 2.53. The van der Waals surface area contributed by atoms with Crippen LogP contribution in [0, 0.1) is 67.0 Å². The van der Waals surface area contributed by atoms with E-state index in [-0.39, 0.29) is 11.6 Å². The molecule has 2 nitrogen and oxygen atoms in total. The van der Waals surface area contributed by atoms with E-state index >= 15 is 8.78 Å². The van der Waals surface area contributed by atoms with E-state index in [1.54, 1.807) is 0 Å². The van der Waals surface area contributed by atoms with Crippen LogP contribution in [0.3, 0.4) is 0 Å². The van der Waals surface area contributed by atoms with E-state index < -0.39 is 0 Å². The van der Waals surface area contributed by atoms with Gasteiger partial charge in [0.15, 0.2) is 11.6 Å². The molecule has 12 aromatic rings. The third-order valence-electron chi connectivity index (χ3n) is 15.5. The highest BCUT2D eigenvalue weighted by Gasteiger charge is 2.30. The first kappa shape index (κ1) is 48.1. The second-order valence-electron chi connectivity index (χ2n) is 20.9. The smallest absolute Gasteiger partial charge is 0.155 e. The number of nitrogens with zero attached hydrogens (tertiary/aromatic N) is 2. The number of benzene rings is 12. The van der Waals surface area contributed by atoms with Crippen LogP contribution in [0.2, 0.25) is 0 Å². The second-order valence-corrected chi connectivity index (χ2v) is 20.9. The normalized spacial score (nSPS) is 11.6. The van der Waals surface area contributed by atoms with Crippen LogP contribution in [0.5, 0.6) is 0 Å². The monoisotopic (exact) mass is 988 g/mol. The average molecular weight is 989 g/mol. The van der Waals surface area contributed by atoms with Gasteiger partial charge in [-0.2, -0.15) is 0 Å². The molecule has 0 saturated carbocycles. The van der Waals surface area contributed by atoms with Crippen LogP contribution in [0.15, 0.2) is 206 Å². The molecule has 0 aromatic heterocycles. The quantitative estimate of drug-likeness (QED) is 0.126. The maximum atomic E-state index is 18.7. The summed E-state index contributed by atoms with van der Waals surface area (Å²) in [4.78, 5) is 4.27. The summed E-state index contributed by atoms with van der Waals surface area (Å²) in [5.41, 5.74) is 19.1. The van der Waals surface area contributed by atoms with Crippen molar-refractivity contribution in [1.29, 1.82) is 0 Å². The molecule has 0 unspecified atom stereocenters. The number of aryl methyl sites for hydroxylation is 8. The van der Waals surface area contributed by atoms with Crippen LogP contribution in [0.4, 0.5) is 42.9 Å². The third kappa shape index (κ3) is 8.17. The van der Waals surface area contributed by atoms with Gasteiger partial charge in [0, 0.05) is 44.4 Å². The van der Waals surface area contributed by atoms with Gasteiger partial charge in [-0.1, -0.05) is 192 Å². The molecule has 0 aliphatic rings. The molecule has 0 aliphatic carbocycles. The Morgan fingerprint density at radius 3 is 0.921 bits per heavy atom. The minimum atomic E-state index is -0.299. The lowest BCUT2D eigenvalue weighted by atomic mass is 9.89. The van der Waals surface area contributed by atoms with Crippen molar-refractivity contribution >= 4 is 66.4 Å². The highest BCUT2D eigenvalue weighted by atomic mass is 19.1. The lowest BCUT2D eigenvalue weighted by Crippen LogP contribution is -2.15. The van der Waals surface area contributed by atoms with Crippen LogP contribution in [-0.4, -0.2) is 0 Å². The number of hydrogen-bond acceptors (Lipinski definition) is 2. The summed E-state index contributed by atoms with van der Waals surface area (Å²) in [6, 6.07) is 71.2. The minimum Gasteiger partial charge on any atom is -0.307 e. The summed E-state index contributed by atoms with van der Waals surface area (Å²) in [5.74, 6) is -0.598. The van der Waals surface area contributed by atoms with Gasteiger partial charge in [-0.3, -0.25) is 0 Å². The lowest BCUT2D eigenvalue weighted by Gasteiger charge is -2.32. The van der Waals surface area contributed by atoms with Crippen molar-refractivity contribution in [1.82, 2.24) is 0 Å². The fourth-order valence-electron chi connectivity index (χ4n) is 11.6. The van der Waals surface area contributed by atoms with Crippen molar-refractivity contribution in [2.75, 3.05) is 9.80 Å².